The Labute approximate surface area is 132 Å². The van der Waals surface area contributed by atoms with Gasteiger partial charge in [-0.3, -0.25) is 4.99 Å². The number of nitrogens with one attached hydrogen (secondary N) is 1. The van der Waals surface area contributed by atoms with Crippen molar-refractivity contribution in [2.45, 2.75) is 32.4 Å². The lowest BCUT2D eigenvalue weighted by Gasteiger charge is -2.36. The SMILES string of the molecule is CCNC(=NCCc1ccco1)N1CCSC(C(C)C)C1. The van der Waals surface area contributed by atoms with Gasteiger partial charge in [0.1, 0.15) is 5.76 Å². The van der Waals surface area contributed by atoms with Crippen LogP contribution in [0.4, 0.5) is 0 Å². The highest BCUT2D eigenvalue weighted by Gasteiger charge is 2.24. The van der Waals surface area contributed by atoms with Gasteiger partial charge in [0.2, 0.25) is 0 Å². The van der Waals surface area contributed by atoms with Crippen molar-refractivity contribution >= 4 is 17.7 Å². The molecule has 0 amide bonds. The lowest BCUT2D eigenvalue weighted by atomic mass is 10.1. The van der Waals surface area contributed by atoms with Gasteiger partial charge in [-0.25, -0.2) is 0 Å². The van der Waals surface area contributed by atoms with E-state index in [1.807, 2.05) is 12.1 Å². The minimum atomic E-state index is 0.702. The standard InChI is InChI=1S/C16H27N3OS/c1-4-17-16(18-8-7-14-6-5-10-20-14)19-9-11-21-15(12-19)13(2)3/h5-6,10,13,15H,4,7-9,11-12H2,1-3H3,(H,17,18). The fourth-order valence-corrected chi connectivity index (χ4v) is 3.72. The summed E-state index contributed by atoms with van der Waals surface area (Å²) in [5.74, 6) is 3.95. The zero-order chi connectivity index (χ0) is 15.1. The summed E-state index contributed by atoms with van der Waals surface area (Å²) in [6.45, 7) is 10.6. The molecule has 1 aromatic rings. The van der Waals surface area contributed by atoms with Crippen molar-refractivity contribution in [2.75, 3.05) is 31.9 Å². The summed E-state index contributed by atoms with van der Waals surface area (Å²) in [4.78, 5) is 7.18. The van der Waals surface area contributed by atoms with Crippen molar-refractivity contribution < 1.29 is 4.42 Å². The van der Waals surface area contributed by atoms with Crippen LogP contribution in [0.5, 0.6) is 0 Å². The summed E-state index contributed by atoms with van der Waals surface area (Å²) in [6, 6.07) is 3.94. The zero-order valence-corrected chi connectivity index (χ0v) is 14.2. The van der Waals surface area contributed by atoms with E-state index in [2.05, 4.69) is 42.7 Å². The second kappa shape index (κ2) is 8.37. The molecule has 5 heteroatoms. The first-order valence-corrected chi connectivity index (χ1v) is 8.92. The number of hydrogen-bond acceptors (Lipinski definition) is 3. The molecule has 1 unspecified atom stereocenters. The third kappa shape index (κ3) is 4.99. The van der Waals surface area contributed by atoms with Gasteiger partial charge in [-0.15, -0.1) is 0 Å². The molecule has 0 aromatic carbocycles. The molecule has 1 saturated heterocycles. The predicted molar refractivity (Wildman–Crippen MR) is 91.0 cm³/mol. The first-order chi connectivity index (χ1) is 10.2. The minimum Gasteiger partial charge on any atom is -0.469 e. The molecule has 2 rings (SSSR count). The van der Waals surface area contributed by atoms with Crippen molar-refractivity contribution in [3.63, 3.8) is 0 Å². The first-order valence-electron chi connectivity index (χ1n) is 7.88. The van der Waals surface area contributed by atoms with Gasteiger partial charge in [0.05, 0.1) is 6.26 Å². The third-order valence-corrected chi connectivity index (χ3v) is 5.21. The third-order valence-electron chi connectivity index (χ3n) is 3.67. The van der Waals surface area contributed by atoms with Gasteiger partial charge >= 0.3 is 0 Å². The molecular formula is C16H27N3OS. The number of furan rings is 1. The van der Waals surface area contributed by atoms with Crippen LogP contribution in [-0.2, 0) is 6.42 Å². The predicted octanol–water partition coefficient (Wildman–Crippen LogP) is 2.86. The van der Waals surface area contributed by atoms with E-state index in [0.29, 0.717) is 11.2 Å². The summed E-state index contributed by atoms with van der Waals surface area (Å²) >= 11 is 2.09. The normalized spacial score (nSPS) is 20.1. The second-order valence-electron chi connectivity index (χ2n) is 5.66. The average Bonchev–Trinajstić information content (AvgIpc) is 3.00. The minimum absolute atomic E-state index is 0.702. The Morgan fingerprint density at radius 3 is 3.10 bits per heavy atom. The molecule has 1 atom stereocenters. The average molecular weight is 309 g/mol. The Kier molecular flexibility index (Phi) is 6.49. The van der Waals surface area contributed by atoms with E-state index in [-0.39, 0.29) is 0 Å². The highest BCUT2D eigenvalue weighted by atomic mass is 32.2. The summed E-state index contributed by atoms with van der Waals surface area (Å²) < 4.78 is 5.36. The van der Waals surface area contributed by atoms with Gasteiger partial charge in [0.15, 0.2) is 5.96 Å². The fourth-order valence-electron chi connectivity index (χ4n) is 2.42. The van der Waals surface area contributed by atoms with E-state index in [4.69, 9.17) is 9.41 Å². The molecule has 2 heterocycles. The summed E-state index contributed by atoms with van der Waals surface area (Å²) in [5, 5.41) is 4.13. The Morgan fingerprint density at radius 1 is 1.57 bits per heavy atom. The number of guanidine groups is 1. The molecule has 0 radical (unpaired) electrons. The van der Waals surface area contributed by atoms with Crippen LogP contribution in [0.15, 0.2) is 27.8 Å². The molecule has 0 aliphatic carbocycles. The molecule has 1 aliphatic rings. The Balaban J connectivity index is 1.93. The number of thioether (sulfide) groups is 1. The molecule has 1 fully saturated rings. The highest BCUT2D eigenvalue weighted by Crippen LogP contribution is 2.24. The van der Waals surface area contributed by atoms with Gasteiger partial charge < -0.3 is 14.6 Å². The lowest BCUT2D eigenvalue weighted by molar-refractivity contribution is 0.380. The molecule has 1 aliphatic heterocycles. The van der Waals surface area contributed by atoms with Crippen molar-refractivity contribution in [2.24, 2.45) is 10.9 Å². The van der Waals surface area contributed by atoms with Gasteiger partial charge in [-0.2, -0.15) is 11.8 Å². The molecule has 1 aromatic heterocycles. The quantitative estimate of drug-likeness (QED) is 0.671. The molecule has 1 N–H and O–H groups in total. The molecule has 4 nitrogen and oxygen atoms in total. The van der Waals surface area contributed by atoms with Crippen LogP contribution in [0.2, 0.25) is 0 Å². The van der Waals surface area contributed by atoms with E-state index >= 15 is 0 Å². The molecular weight excluding hydrogens is 282 g/mol. The molecule has 0 bridgehead atoms. The summed E-state index contributed by atoms with van der Waals surface area (Å²) in [5.41, 5.74) is 0. The van der Waals surface area contributed by atoms with Gasteiger partial charge in [0, 0.05) is 43.6 Å². The van der Waals surface area contributed by atoms with Gasteiger partial charge in [-0.05, 0) is 25.0 Å². The maximum Gasteiger partial charge on any atom is 0.193 e. The van der Waals surface area contributed by atoms with Crippen molar-refractivity contribution in [3.05, 3.63) is 24.2 Å². The Hall–Kier alpha value is -1.10. The zero-order valence-electron chi connectivity index (χ0n) is 13.3. The number of rotatable bonds is 5. The van der Waals surface area contributed by atoms with Crippen LogP contribution in [0, 0.1) is 5.92 Å². The van der Waals surface area contributed by atoms with Crippen LogP contribution in [-0.4, -0.2) is 48.0 Å². The lowest BCUT2D eigenvalue weighted by Crippen LogP contribution is -2.49. The van der Waals surface area contributed by atoms with Crippen molar-refractivity contribution in [1.29, 1.82) is 0 Å². The van der Waals surface area contributed by atoms with Crippen LogP contribution >= 0.6 is 11.8 Å². The number of aliphatic imine (C=N–C) groups is 1. The van der Waals surface area contributed by atoms with Gasteiger partial charge in [0.25, 0.3) is 0 Å². The van der Waals surface area contributed by atoms with E-state index in [1.54, 1.807) is 6.26 Å². The van der Waals surface area contributed by atoms with Crippen molar-refractivity contribution in [3.8, 4) is 0 Å². The first kappa shape index (κ1) is 16.3. The molecule has 21 heavy (non-hydrogen) atoms. The van der Waals surface area contributed by atoms with Crippen LogP contribution in [0.1, 0.15) is 26.5 Å². The number of nitrogens with zero attached hydrogens (tertiary/aromatic N) is 2. The van der Waals surface area contributed by atoms with E-state index < -0.39 is 0 Å². The van der Waals surface area contributed by atoms with Crippen LogP contribution in [0.25, 0.3) is 0 Å². The number of hydrogen-bond donors (Lipinski definition) is 1. The fraction of sp³-hybridized carbons (Fsp3) is 0.688. The monoisotopic (exact) mass is 309 g/mol. The van der Waals surface area contributed by atoms with E-state index in [9.17, 15) is 0 Å². The smallest absolute Gasteiger partial charge is 0.193 e. The highest BCUT2D eigenvalue weighted by molar-refractivity contribution is 8.00. The van der Waals surface area contributed by atoms with Crippen LogP contribution in [0.3, 0.4) is 0 Å². The largest absolute Gasteiger partial charge is 0.469 e. The van der Waals surface area contributed by atoms with E-state index in [1.165, 1.54) is 5.75 Å². The summed E-state index contributed by atoms with van der Waals surface area (Å²) in [6.07, 6.45) is 2.58. The van der Waals surface area contributed by atoms with Crippen LogP contribution < -0.4 is 5.32 Å². The maximum absolute atomic E-state index is 5.36. The Morgan fingerprint density at radius 2 is 2.43 bits per heavy atom. The summed E-state index contributed by atoms with van der Waals surface area (Å²) in [7, 11) is 0. The Bertz CT molecular complexity index is 431. The molecule has 0 saturated carbocycles. The van der Waals surface area contributed by atoms with Gasteiger partial charge in [-0.1, -0.05) is 13.8 Å². The molecule has 0 spiro atoms. The van der Waals surface area contributed by atoms with E-state index in [0.717, 1.165) is 44.3 Å². The topological polar surface area (TPSA) is 40.8 Å². The second-order valence-corrected chi connectivity index (χ2v) is 7.01. The van der Waals surface area contributed by atoms with Crippen molar-refractivity contribution in [1.82, 2.24) is 10.2 Å². The molecule has 118 valence electrons. The maximum atomic E-state index is 5.36.